The van der Waals surface area contributed by atoms with E-state index in [-0.39, 0.29) is 0 Å². The number of benzene rings is 1. The summed E-state index contributed by atoms with van der Waals surface area (Å²) in [5.74, 6) is 1.79. The summed E-state index contributed by atoms with van der Waals surface area (Å²) in [5.41, 5.74) is 2.17. The van der Waals surface area contributed by atoms with Gasteiger partial charge in [-0.25, -0.2) is 4.98 Å². The molecule has 6 nitrogen and oxygen atoms in total. The lowest BCUT2D eigenvalue weighted by Crippen LogP contribution is -2.39. The van der Waals surface area contributed by atoms with Crippen molar-refractivity contribution in [3.63, 3.8) is 0 Å². The number of ether oxygens (including phenoxy) is 1. The van der Waals surface area contributed by atoms with Crippen molar-refractivity contribution in [3.05, 3.63) is 42.4 Å². The zero-order valence-electron chi connectivity index (χ0n) is 15.5. The molecule has 1 aromatic carbocycles. The van der Waals surface area contributed by atoms with E-state index in [4.69, 9.17) is 4.74 Å². The van der Waals surface area contributed by atoms with Gasteiger partial charge in [0.1, 0.15) is 5.82 Å². The predicted molar refractivity (Wildman–Crippen MR) is 103 cm³/mol. The van der Waals surface area contributed by atoms with Crippen LogP contribution in [0.1, 0.15) is 25.6 Å². The van der Waals surface area contributed by atoms with E-state index < -0.39 is 0 Å². The monoisotopic (exact) mass is 343 g/mol. The molecule has 0 aliphatic heterocycles. The van der Waals surface area contributed by atoms with E-state index in [0.29, 0.717) is 6.54 Å². The molecule has 0 atom stereocenters. The summed E-state index contributed by atoms with van der Waals surface area (Å²) in [4.78, 5) is 14.3. The Morgan fingerprint density at radius 1 is 1.28 bits per heavy atom. The second kappa shape index (κ2) is 10.5. The van der Waals surface area contributed by atoms with E-state index in [0.717, 1.165) is 55.6 Å². The number of unbranched alkanes of at least 4 members (excludes halogenated alkanes) is 1. The molecule has 2 aromatic rings. The molecule has 6 heteroatoms. The van der Waals surface area contributed by atoms with Crippen LogP contribution in [0.5, 0.6) is 0 Å². The van der Waals surface area contributed by atoms with Crippen molar-refractivity contribution in [2.45, 2.75) is 26.3 Å². The van der Waals surface area contributed by atoms with E-state index in [2.05, 4.69) is 37.3 Å². The Balaban J connectivity index is 1.81. The molecule has 0 unspecified atom stereocenters. The Kier molecular flexibility index (Phi) is 7.98. The largest absolute Gasteiger partial charge is 0.382 e. The van der Waals surface area contributed by atoms with Crippen molar-refractivity contribution in [1.29, 1.82) is 0 Å². The van der Waals surface area contributed by atoms with E-state index in [1.807, 2.05) is 38.4 Å². The molecule has 0 saturated heterocycles. The minimum atomic E-state index is 0.672. The van der Waals surface area contributed by atoms with E-state index in [9.17, 15) is 0 Å². The Hall–Kier alpha value is -2.34. The number of rotatable bonds is 9. The lowest BCUT2D eigenvalue weighted by Gasteiger charge is -2.21. The Morgan fingerprint density at radius 3 is 2.80 bits per heavy atom. The summed E-state index contributed by atoms with van der Waals surface area (Å²) in [6.45, 7) is 5.18. The van der Waals surface area contributed by atoms with Crippen LogP contribution >= 0.6 is 0 Å². The molecule has 0 spiro atoms. The SMILES string of the molecule is CCOCCCCNC(=NC)N(C)Cc1ncc(-c2ccccc2)[nH]1. The molecule has 0 aliphatic carbocycles. The van der Waals surface area contributed by atoms with Gasteiger partial charge in [-0.15, -0.1) is 0 Å². The molecule has 0 radical (unpaired) electrons. The fourth-order valence-corrected chi connectivity index (χ4v) is 2.57. The first-order chi connectivity index (χ1) is 12.2. The highest BCUT2D eigenvalue weighted by Crippen LogP contribution is 2.16. The molecule has 0 amide bonds. The number of imidazole rings is 1. The van der Waals surface area contributed by atoms with Crippen LogP contribution in [0.3, 0.4) is 0 Å². The average molecular weight is 343 g/mol. The topological polar surface area (TPSA) is 65.5 Å². The molecule has 0 fully saturated rings. The molecule has 0 saturated carbocycles. The van der Waals surface area contributed by atoms with Crippen molar-refractivity contribution >= 4 is 5.96 Å². The van der Waals surface area contributed by atoms with Crippen LogP contribution < -0.4 is 5.32 Å². The second-order valence-corrected chi connectivity index (χ2v) is 5.84. The smallest absolute Gasteiger partial charge is 0.193 e. The van der Waals surface area contributed by atoms with Crippen molar-refractivity contribution < 1.29 is 4.74 Å². The predicted octanol–water partition coefficient (Wildman–Crippen LogP) is 2.90. The zero-order valence-corrected chi connectivity index (χ0v) is 15.5. The van der Waals surface area contributed by atoms with Crippen LogP contribution in [0.4, 0.5) is 0 Å². The van der Waals surface area contributed by atoms with Crippen LogP contribution in [-0.4, -0.2) is 54.7 Å². The average Bonchev–Trinajstić information content (AvgIpc) is 3.10. The summed E-state index contributed by atoms with van der Waals surface area (Å²) in [6, 6.07) is 10.2. The molecular formula is C19H29N5O. The first kappa shape index (κ1) is 19.0. The maximum absolute atomic E-state index is 5.35. The number of guanidine groups is 1. The van der Waals surface area contributed by atoms with Crippen LogP contribution in [0, 0.1) is 0 Å². The molecule has 2 N–H and O–H groups in total. The first-order valence-electron chi connectivity index (χ1n) is 8.83. The van der Waals surface area contributed by atoms with Gasteiger partial charge in [0.05, 0.1) is 18.4 Å². The van der Waals surface area contributed by atoms with Crippen molar-refractivity contribution in [1.82, 2.24) is 20.2 Å². The molecule has 136 valence electrons. The van der Waals surface area contributed by atoms with Gasteiger partial charge >= 0.3 is 0 Å². The van der Waals surface area contributed by atoms with Gasteiger partial charge in [0.15, 0.2) is 5.96 Å². The minimum Gasteiger partial charge on any atom is -0.382 e. The maximum Gasteiger partial charge on any atom is 0.193 e. The highest BCUT2D eigenvalue weighted by atomic mass is 16.5. The number of aromatic amines is 1. The third-order valence-corrected chi connectivity index (χ3v) is 3.88. The summed E-state index contributed by atoms with van der Waals surface area (Å²) in [5, 5.41) is 3.38. The zero-order chi connectivity index (χ0) is 17.9. The van der Waals surface area contributed by atoms with Gasteiger partial charge in [-0.3, -0.25) is 4.99 Å². The standard InChI is InChI=1S/C19H29N5O/c1-4-25-13-9-8-12-21-19(20-2)24(3)15-18-22-14-17(23-18)16-10-6-5-7-11-16/h5-7,10-11,14H,4,8-9,12-13,15H2,1-3H3,(H,20,21)(H,22,23). The van der Waals surface area contributed by atoms with Gasteiger partial charge in [-0.2, -0.15) is 0 Å². The van der Waals surface area contributed by atoms with E-state index >= 15 is 0 Å². The number of hydrogen-bond donors (Lipinski definition) is 2. The highest BCUT2D eigenvalue weighted by Gasteiger charge is 2.09. The molecular weight excluding hydrogens is 314 g/mol. The Labute approximate surface area is 150 Å². The summed E-state index contributed by atoms with van der Waals surface area (Å²) >= 11 is 0. The quantitative estimate of drug-likeness (QED) is 0.417. The van der Waals surface area contributed by atoms with E-state index in [1.54, 1.807) is 7.05 Å². The summed E-state index contributed by atoms with van der Waals surface area (Å²) in [7, 11) is 3.82. The normalized spacial score (nSPS) is 11.6. The van der Waals surface area contributed by atoms with Crippen LogP contribution in [-0.2, 0) is 11.3 Å². The third-order valence-electron chi connectivity index (χ3n) is 3.88. The number of nitrogens with one attached hydrogen (secondary N) is 2. The molecule has 2 rings (SSSR count). The lowest BCUT2D eigenvalue weighted by atomic mass is 10.2. The molecule has 0 bridgehead atoms. The Bertz CT molecular complexity index is 638. The van der Waals surface area contributed by atoms with Gasteiger partial charge in [-0.1, -0.05) is 30.3 Å². The highest BCUT2D eigenvalue weighted by molar-refractivity contribution is 5.79. The van der Waals surface area contributed by atoms with Crippen molar-refractivity contribution in [2.75, 3.05) is 33.9 Å². The van der Waals surface area contributed by atoms with Gasteiger partial charge < -0.3 is 19.9 Å². The second-order valence-electron chi connectivity index (χ2n) is 5.84. The molecule has 1 aromatic heterocycles. The molecule has 25 heavy (non-hydrogen) atoms. The summed E-state index contributed by atoms with van der Waals surface area (Å²) in [6.07, 6.45) is 3.99. The Morgan fingerprint density at radius 2 is 2.08 bits per heavy atom. The minimum absolute atomic E-state index is 0.672. The first-order valence-corrected chi connectivity index (χ1v) is 8.83. The third kappa shape index (κ3) is 6.23. The van der Waals surface area contributed by atoms with Crippen molar-refractivity contribution in [3.8, 4) is 11.3 Å². The van der Waals surface area contributed by atoms with Gasteiger partial charge in [0, 0.05) is 33.9 Å². The fourth-order valence-electron chi connectivity index (χ4n) is 2.57. The van der Waals surface area contributed by atoms with Crippen LogP contribution in [0.2, 0.25) is 0 Å². The summed E-state index contributed by atoms with van der Waals surface area (Å²) < 4.78 is 5.35. The van der Waals surface area contributed by atoms with Gasteiger partial charge in [0.2, 0.25) is 0 Å². The number of H-pyrrole nitrogens is 1. The van der Waals surface area contributed by atoms with Crippen LogP contribution in [0.15, 0.2) is 41.5 Å². The molecule has 0 aliphatic rings. The number of aliphatic imine (C=N–C) groups is 1. The lowest BCUT2D eigenvalue weighted by molar-refractivity contribution is 0.143. The van der Waals surface area contributed by atoms with Gasteiger partial charge in [0.25, 0.3) is 0 Å². The fraction of sp³-hybridized carbons (Fsp3) is 0.474. The number of hydrogen-bond acceptors (Lipinski definition) is 3. The van der Waals surface area contributed by atoms with Gasteiger partial charge in [-0.05, 0) is 25.3 Å². The number of nitrogens with zero attached hydrogens (tertiary/aromatic N) is 3. The maximum atomic E-state index is 5.35. The van der Waals surface area contributed by atoms with E-state index in [1.165, 1.54) is 0 Å². The number of aromatic nitrogens is 2. The van der Waals surface area contributed by atoms with Crippen LogP contribution in [0.25, 0.3) is 11.3 Å². The molecule has 1 heterocycles. The van der Waals surface area contributed by atoms with Crippen molar-refractivity contribution in [2.24, 2.45) is 4.99 Å².